The molecule has 0 spiro atoms. The lowest BCUT2D eigenvalue weighted by atomic mass is 10.0. The molecular weight excluding hydrogens is 386 g/mol. The minimum Gasteiger partial charge on any atom is -0.414 e. The van der Waals surface area contributed by atoms with Crippen LogP contribution in [0.3, 0.4) is 0 Å². The minimum atomic E-state index is -4.14. The lowest BCUT2D eigenvalue weighted by molar-refractivity contribution is -0.115. The normalized spacial score (nSPS) is 11.7. The molecule has 6 nitrogen and oxygen atoms in total. The predicted molar refractivity (Wildman–Crippen MR) is 106 cm³/mol. The molecule has 0 aliphatic carbocycles. The quantitative estimate of drug-likeness (QED) is 0.661. The second kappa shape index (κ2) is 6.61. The number of benzene rings is 2. The maximum Gasteiger partial charge on any atom is 0.396 e. The molecule has 0 atom stereocenters. The molecule has 8 heteroatoms. The number of anilines is 1. The van der Waals surface area contributed by atoms with Crippen molar-refractivity contribution in [2.45, 2.75) is 39.5 Å². The summed E-state index contributed by atoms with van der Waals surface area (Å²) in [6, 6.07) is 6.37. The van der Waals surface area contributed by atoms with Crippen LogP contribution >= 0.6 is 11.3 Å². The van der Waals surface area contributed by atoms with E-state index in [1.165, 1.54) is 25.1 Å². The van der Waals surface area contributed by atoms with Crippen LogP contribution in [0.5, 0.6) is 0 Å². The fourth-order valence-corrected chi connectivity index (χ4v) is 5.85. The number of fused-ring (bicyclic) bond motifs is 1. The molecule has 1 amide bonds. The van der Waals surface area contributed by atoms with Gasteiger partial charge < -0.3 is 4.42 Å². The number of sulfonamides is 1. The zero-order valence-electron chi connectivity index (χ0n) is 15.6. The molecule has 142 valence electrons. The van der Waals surface area contributed by atoms with Gasteiger partial charge in [-0.3, -0.25) is 4.79 Å². The molecule has 3 rings (SSSR count). The maximum atomic E-state index is 13.5. The molecule has 0 saturated heterocycles. The Hall–Kier alpha value is -2.45. The first-order valence-electron chi connectivity index (χ1n) is 8.21. The summed E-state index contributed by atoms with van der Waals surface area (Å²) >= 11 is 0.858. The van der Waals surface area contributed by atoms with E-state index in [1.807, 2.05) is 19.9 Å². The van der Waals surface area contributed by atoms with Crippen molar-refractivity contribution in [3.05, 3.63) is 56.3 Å². The topological polar surface area (TPSA) is 84.7 Å². The van der Waals surface area contributed by atoms with Crippen molar-refractivity contribution in [2.24, 2.45) is 0 Å². The van der Waals surface area contributed by atoms with E-state index in [0.29, 0.717) is 21.4 Å². The van der Waals surface area contributed by atoms with E-state index < -0.39 is 20.9 Å². The Labute approximate surface area is 161 Å². The van der Waals surface area contributed by atoms with Crippen LogP contribution in [0.25, 0.3) is 10.3 Å². The number of hydrogen-bond donors (Lipinski definition) is 0. The van der Waals surface area contributed by atoms with E-state index in [0.717, 1.165) is 26.8 Å². The van der Waals surface area contributed by atoms with Crippen LogP contribution in [0, 0.1) is 27.7 Å². The highest BCUT2D eigenvalue weighted by molar-refractivity contribution is 7.93. The van der Waals surface area contributed by atoms with Gasteiger partial charge in [-0.25, -0.2) is 17.5 Å². The number of nitrogens with zero attached hydrogens (tertiary/aromatic N) is 1. The number of hydrogen-bond acceptors (Lipinski definition) is 6. The molecule has 0 unspecified atom stereocenters. The molecule has 1 aromatic heterocycles. The first-order valence-corrected chi connectivity index (χ1v) is 10.5. The first kappa shape index (κ1) is 19.3. The highest BCUT2D eigenvalue weighted by Gasteiger charge is 2.32. The fourth-order valence-electron chi connectivity index (χ4n) is 3.14. The van der Waals surface area contributed by atoms with Gasteiger partial charge in [0.25, 0.3) is 10.0 Å². The third-order valence-corrected chi connectivity index (χ3v) is 7.50. The molecule has 2 aromatic carbocycles. The average molecular weight is 405 g/mol. The SMILES string of the molecule is CC(=O)N(c1ccc2oc(=O)sc2c1)S(=O)(=O)c1c(C)c(C)cc(C)c1C. The number of carbonyl (C=O) groups is 1. The molecular formula is C19H19NO5S2. The van der Waals surface area contributed by atoms with Crippen molar-refractivity contribution in [1.29, 1.82) is 0 Å². The van der Waals surface area contributed by atoms with Gasteiger partial charge in [-0.2, -0.15) is 0 Å². The van der Waals surface area contributed by atoms with Crippen LogP contribution in [0.4, 0.5) is 5.69 Å². The van der Waals surface area contributed by atoms with E-state index in [9.17, 15) is 18.0 Å². The Balaban J connectivity index is 2.28. The third-order valence-electron chi connectivity index (χ3n) is 4.63. The van der Waals surface area contributed by atoms with Gasteiger partial charge in [0.1, 0.15) is 5.58 Å². The molecule has 0 N–H and O–H groups in total. The number of rotatable bonds is 3. The summed E-state index contributed by atoms with van der Waals surface area (Å²) in [6.45, 7) is 8.35. The minimum absolute atomic E-state index is 0.135. The molecule has 0 fully saturated rings. The van der Waals surface area contributed by atoms with Gasteiger partial charge in [0.05, 0.1) is 15.3 Å². The van der Waals surface area contributed by atoms with Crippen molar-refractivity contribution in [1.82, 2.24) is 0 Å². The zero-order chi connectivity index (χ0) is 20.1. The van der Waals surface area contributed by atoms with Gasteiger partial charge in [0.2, 0.25) is 5.91 Å². The summed E-state index contributed by atoms with van der Waals surface area (Å²) in [6.07, 6.45) is 0. The van der Waals surface area contributed by atoms with Crippen molar-refractivity contribution >= 4 is 43.2 Å². The Bertz CT molecular complexity index is 1210. The van der Waals surface area contributed by atoms with E-state index >= 15 is 0 Å². The van der Waals surface area contributed by atoms with Crippen LogP contribution in [0.15, 0.2) is 38.4 Å². The van der Waals surface area contributed by atoms with Gasteiger partial charge in [-0.1, -0.05) is 17.4 Å². The van der Waals surface area contributed by atoms with Gasteiger partial charge in [-0.05, 0) is 68.1 Å². The van der Waals surface area contributed by atoms with Crippen molar-refractivity contribution in [3.8, 4) is 0 Å². The monoisotopic (exact) mass is 405 g/mol. The maximum absolute atomic E-state index is 13.5. The lowest BCUT2D eigenvalue weighted by Gasteiger charge is -2.24. The van der Waals surface area contributed by atoms with Crippen LogP contribution in [-0.2, 0) is 14.8 Å². The molecule has 3 aromatic rings. The van der Waals surface area contributed by atoms with E-state index in [1.54, 1.807) is 13.8 Å². The van der Waals surface area contributed by atoms with Crippen molar-refractivity contribution < 1.29 is 17.6 Å². The Morgan fingerprint density at radius 1 is 1.04 bits per heavy atom. The average Bonchev–Trinajstić information content (AvgIpc) is 2.91. The van der Waals surface area contributed by atoms with E-state index in [-0.39, 0.29) is 10.6 Å². The van der Waals surface area contributed by atoms with Crippen LogP contribution < -0.4 is 9.24 Å². The van der Waals surface area contributed by atoms with Crippen LogP contribution in [-0.4, -0.2) is 14.3 Å². The summed E-state index contributed by atoms with van der Waals surface area (Å²) in [7, 11) is -4.14. The number of carbonyl (C=O) groups excluding carboxylic acids is 1. The third kappa shape index (κ3) is 3.19. The van der Waals surface area contributed by atoms with Crippen LogP contribution in [0.2, 0.25) is 0 Å². The molecule has 0 saturated carbocycles. The Kier molecular flexibility index (Phi) is 4.73. The number of aryl methyl sites for hydroxylation is 2. The summed E-state index contributed by atoms with van der Waals surface area (Å²) in [5.74, 6) is -0.636. The Morgan fingerprint density at radius 3 is 2.19 bits per heavy atom. The van der Waals surface area contributed by atoms with Crippen molar-refractivity contribution in [3.63, 3.8) is 0 Å². The molecule has 0 radical (unpaired) electrons. The summed E-state index contributed by atoms with van der Waals surface area (Å²) in [5, 5.41) is 0. The summed E-state index contributed by atoms with van der Waals surface area (Å²) in [5.41, 5.74) is 3.42. The van der Waals surface area contributed by atoms with E-state index in [2.05, 4.69) is 0 Å². The van der Waals surface area contributed by atoms with Gasteiger partial charge in [0, 0.05) is 6.92 Å². The van der Waals surface area contributed by atoms with Crippen LogP contribution in [0.1, 0.15) is 29.2 Å². The fraction of sp³-hybridized carbons (Fsp3) is 0.263. The highest BCUT2D eigenvalue weighted by atomic mass is 32.2. The molecule has 27 heavy (non-hydrogen) atoms. The van der Waals surface area contributed by atoms with Crippen molar-refractivity contribution in [2.75, 3.05) is 4.31 Å². The Morgan fingerprint density at radius 2 is 1.63 bits per heavy atom. The second-order valence-corrected chi connectivity index (χ2v) is 9.16. The number of amides is 1. The predicted octanol–water partition coefficient (Wildman–Crippen LogP) is 3.83. The molecule has 0 aliphatic rings. The standard InChI is InChI=1S/C19H19NO5S2/c1-10-8-11(2)13(4)18(12(10)3)27(23,24)20(14(5)21)15-6-7-16-17(9-15)26-19(22)25-16/h6-9H,1-5H3. The second-order valence-electron chi connectivity index (χ2n) is 6.46. The summed E-state index contributed by atoms with van der Waals surface area (Å²) in [4.78, 5) is 23.5. The first-order chi connectivity index (χ1) is 12.5. The largest absolute Gasteiger partial charge is 0.414 e. The molecule has 0 bridgehead atoms. The molecule has 1 heterocycles. The highest BCUT2D eigenvalue weighted by Crippen LogP contribution is 2.33. The lowest BCUT2D eigenvalue weighted by Crippen LogP contribution is -2.36. The van der Waals surface area contributed by atoms with Gasteiger partial charge in [0.15, 0.2) is 0 Å². The smallest absolute Gasteiger partial charge is 0.396 e. The summed E-state index contributed by atoms with van der Waals surface area (Å²) < 4.78 is 33.2. The van der Waals surface area contributed by atoms with Gasteiger partial charge in [-0.15, -0.1) is 0 Å². The van der Waals surface area contributed by atoms with Gasteiger partial charge >= 0.3 is 4.94 Å². The molecule has 0 aliphatic heterocycles. The zero-order valence-corrected chi connectivity index (χ0v) is 17.2. The van der Waals surface area contributed by atoms with E-state index in [4.69, 9.17) is 4.42 Å².